The van der Waals surface area contributed by atoms with Crippen LogP contribution in [-0.2, 0) is 6.42 Å². The second-order valence-electron chi connectivity index (χ2n) is 6.75. The number of benzene rings is 2. The van der Waals surface area contributed by atoms with Gasteiger partial charge in [0, 0.05) is 38.8 Å². The van der Waals surface area contributed by atoms with Gasteiger partial charge in [-0.3, -0.25) is 4.99 Å². The Balaban J connectivity index is 0.00000392. The minimum Gasteiger partial charge on any atom is -0.396 e. The van der Waals surface area contributed by atoms with E-state index in [1.54, 1.807) is 0 Å². The van der Waals surface area contributed by atoms with Crippen molar-refractivity contribution in [2.24, 2.45) is 4.99 Å². The summed E-state index contributed by atoms with van der Waals surface area (Å²) in [5.74, 6) is 0.803. The molecule has 2 aromatic rings. The molecule has 6 heteroatoms. The first-order valence-electron chi connectivity index (χ1n) is 9.58. The summed E-state index contributed by atoms with van der Waals surface area (Å²) in [6, 6.07) is 18.6. The maximum atomic E-state index is 9.69. The molecule has 2 rings (SSSR count). The van der Waals surface area contributed by atoms with Crippen molar-refractivity contribution in [3.63, 3.8) is 0 Å². The summed E-state index contributed by atoms with van der Waals surface area (Å²) in [5, 5.41) is 16.4. The van der Waals surface area contributed by atoms with E-state index < -0.39 is 0 Å². The summed E-state index contributed by atoms with van der Waals surface area (Å²) in [6.45, 7) is 4.30. The number of aliphatic hydroxyl groups excluding tert-OH is 1. The maximum absolute atomic E-state index is 9.69. The van der Waals surface area contributed by atoms with E-state index >= 15 is 0 Å². The van der Waals surface area contributed by atoms with Crippen LogP contribution < -0.4 is 15.5 Å². The number of rotatable bonds is 9. The number of nitrogens with one attached hydrogen (secondary N) is 2. The van der Waals surface area contributed by atoms with Crippen molar-refractivity contribution < 1.29 is 5.11 Å². The SMILES string of the molecule is CCNC(=NCC(CO)c1ccccc1)NCCc1ccc(N(C)C)cc1.I. The predicted octanol–water partition coefficient (Wildman–Crippen LogP) is 3.24. The van der Waals surface area contributed by atoms with Gasteiger partial charge in [0.15, 0.2) is 5.96 Å². The Morgan fingerprint density at radius 3 is 2.29 bits per heavy atom. The highest BCUT2D eigenvalue weighted by Gasteiger charge is 2.10. The topological polar surface area (TPSA) is 59.9 Å². The highest BCUT2D eigenvalue weighted by atomic mass is 127. The Morgan fingerprint density at radius 1 is 1.04 bits per heavy atom. The van der Waals surface area contributed by atoms with Crippen molar-refractivity contribution in [3.8, 4) is 0 Å². The monoisotopic (exact) mass is 496 g/mol. The number of aliphatic imine (C=N–C) groups is 1. The lowest BCUT2D eigenvalue weighted by atomic mass is 10.0. The quantitative estimate of drug-likeness (QED) is 0.284. The molecule has 0 saturated heterocycles. The molecule has 0 aromatic heterocycles. The predicted molar refractivity (Wildman–Crippen MR) is 130 cm³/mol. The molecule has 0 heterocycles. The number of aliphatic hydroxyl groups is 1. The zero-order valence-electron chi connectivity index (χ0n) is 17.1. The summed E-state index contributed by atoms with van der Waals surface area (Å²) in [4.78, 5) is 6.76. The molecule has 0 aliphatic carbocycles. The molecule has 154 valence electrons. The molecular weight excluding hydrogens is 463 g/mol. The number of hydrogen-bond acceptors (Lipinski definition) is 3. The standard InChI is InChI=1S/C22H32N4O.HI/c1-4-23-22(25-16-20(17-27)19-8-6-5-7-9-19)24-15-14-18-10-12-21(13-11-18)26(2)3;/h5-13,20,27H,4,14-17H2,1-3H3,(H2,23,24,25);1H. The van der Waals surface area contributed by atoms with E-state index in [9.17, 15) is 5.11 Å². The summed E-state index contributed by atoms with van der Waals surface area (Å²) < 4.78 is 0. The van der Waals surface area contributed by atoms with Crippen molar-refractivity contribution in [2.45, 2.75) is 19.3 Å². The number of guanidine groups is 1. The third-order valence-corrected chi connectivity index (χ3v) is 4.46. The molecule has 0 spiro atoms. The van der Waals surface area contributed by atoms with E-state index in [2.05, 4.69) is 51.7 Å². The van der Waals surface area contributed by atoms with Crippen LogP contribution in [0.4, 0.5) is 5.69 Å². The third-order valence-electron chi connectivity index (χ3n) is 4.46. The lowest BCUT2D eigenvalue weighted by Crippen LogP contribution is -2.38. The summed E-state index contributed by atoms with van der Waals surface area (Å²) in [5.41, 5.74) is 3.61. The fraction of sp³-hybridized carbons (Fsp3) is 0.409. The van der Waals surface area contributed by atoms with E-state index in [0.717, 1.165) is 31.0 Å². The van der Waals surface area contributed by atoms with Gasteiger partial charge in [0.25, 0.3) is 0 Å². The van der Waals surface area contributed by atoms with Crippen molar-refractivity contribution >= 4 is 35.6 Å². The number of halogens is 1. The van der Waals surface area contributed by atoms with Crippen LogP contribution >= 0.6 is 24.0 Å². The van der Waals surface area contributed by atoms with Crippen LogP contribution in [-0.4, -0.2) is 51.4 Å². The first-order chi connectivity index (χ1) is 13.1. The molecule has 0 aliphatic heterocycles. The molecular formula is C22H33IN4O. The molecule has 1 unspecified atom stereocenters. The zero-order chi connectivity index (χ0) is 19.5. The molecule has 0 bridgehead atoms. The number of nitrogens with zero attached hydrogens (tertiary/aromatic N) is 2. The Hall–Kier alpha value is -1.80. The maximum Gasteiger partial charge on any atom is 0.191 e. The molecule has 0 fully saturated rings. The lowest BCUT2D eigenvalue weighted by molar-refractivity contribution is 0.268. The van der Waals surface area contributed by atoms with E-state index in [-0.39, 0.29) is 36.5 Å². The van der Waals surface area contributed by atoms with Crippen molar-refractivity contribution in [1.82, 2.24) is 10.6 Å². The second kappa shape index (κ2) is 13.4. The lowest BCUT2D eigenvalue weighted by Gasteiger charge is -2.15. The highest BCUT2D eigenvalue weighted by molar-refractivity contribution is 14.0. The van der Waals surface area contributed by atoms with Gasteiger partial charge in [0.05, 0.1) is 13.2 Å². The molecule has 0 amide bonds. The van der Waals surface area contributed by atoms with Gasteiger partial charge in [0.1, 0.15) is 0 Å². The summed E-state index contributed by atoms with van der Waals surface area (Å²) >= 11 is 0. The fourth-order valence-corrected chi connectivity index (χ4v) is 2.82. The van der Waals surface area contributed by atoms with Crippen molar-refractivity contribution in [3.05, 3.63) is 65.7 Å². The Bertz CT molecular complexity index is 689. The first kappa shape index (κ1) is 24.2. The van der Waals surface area contributed by atoms with E-state index in [1.807, 2.05) is 44.4 Å². The van der Waals surface area contributed by atoms with Crippen molar-refractivity contribution in [2.75, 3.05) is 45.2 Å². The fourth-order valence-electron chi connectivity index (χ4n) is 2.82. The van der Waals surface area contributed by atoms with Crippen LogP contribution in [0, 0.1) is 0 Å². The van der Waals surface area contributed by atoms with Crippen LogP contribution in [0.2, 0.25) is 0 Å². The number of hydrogen-bond donors (Lipinski definition) is 3. The molecule has 3 N–H and O–H groups in total. The third kappa shape index (κ3) is 8.06. The van der Waals surface area contributed by atoms with Gasteiger partial charge in [-0.15, -0.1) is 24.0 Å². The van der Waals surface area contributed by atoms with Crippen LogP contribution in [0.1, 0.15) is 24.0 Å². The first-order valence-corrected chi connectivity index (χ1v) is 9.58. The molecule has 28 heavy (non-hydrogen) atoms. The minimum absolute atomic E-state index is 0. The molecule has 0 aliphatic rings. The van der Waals surface area contributed by atoms with Crippen LogP contribution in [0.15, 0.2) is 59.6 Å². The second-order valence-corrected chi connectivity index (χ2v) is 6.75. The van der Waals surface area contributed by atoms with Gasteiger partial charge in [0.2, 0.25) is 0 Å². The van der Waals surface area contributed by atoms with E-state index in [0.29, 0.717) is 6.54 Å². The largest absolute Gasteiger partial charge is 0.396 e. The molecule has 0 saturated carbocycles. The van der Waals surface area contributed by atoms with Gasteiger partial charge >= 0.3 is 0 Å². The molecule has 2 aromatic carbocycles. The molecule has 0 radical (unpaired) electrons. The normalized spacial score (nSPS) is 12.1. The van der Waals surface area contributed by atoms with Gasteiger partial charge in [-0.05, 0) is 36.6 Å². The van der Waals surface area contributed by atoms with Gasteiger partial charge < -0.3 is 20.6 Å². The van der Waals surface area contributed by atoms with Crippen LogP contribution in [0.3, 0.4) is 0 Å². The smallest absolute Gasteiger partial charge is 0.191 e. The minimum atomic E-state index is 0. The number of anilines is 1. The van der Waals surface area contributed by atoms with Crippen LogP contribution in [0.5, 0.6) is 0 Å². The van der Waals surface area contributed by atoms with Gasteiger partial charge in [-0.25, -0.2) is 0 Å². The van der Waals surface area contributed by atoms with Crippen LogP contribution in [0.25, 0.3) is 0 Å². The Morgan fingerprint density at radius 2 is 1.71 bits per heavy atom. The van der Waals surface area contributed by atoms with E-state index in [1.165, 1.54) is 11.3 Å². The zero-order valence-corrected chi connectivity index (χ0v) is 19.4. The van der Waals surface area contributed by atoms with Gasteiger partial charge in [-0.1, -0.05) is 42.5 Å². The summed E-state index contributed by atoms with van der Waals surface area (Å²) in [6.07, 6.45) is 0.931. The molecule has 5 nitrogen and oxygen atoms in total. The average molecular weight is 496 g/mol. The highest BCUT2D eigenvalue weighted by Crippen LogP contribution is 2.15. The molecule has 1 atom stereocenters. The Labute approximate surface area is 186 Å². The van der Waals surface area contributed by atoms with Gasteiger partial charge in [-0.2, -0.15) is 0 Å². The summed E-state index contributed by atoms with van der Waals surface area (Å²) in [7, 11) is 4.09. The Kier molecular flexibility index (Phi) is 11.6. The average Bonchev–Trinajstić information content (AvgIpc) is 2.69. The van der Waals surface area contributed by atoms with Crippen molar-refractivity contribution in [1.29, 1.82) is 0 Å². The van der Waals surface area contributed by atoms with E-state index in [4.69, 9.17) is 0 Å².